The molecule has 1 aliphatic rings. The molecule has 0 bridgehead atoms. The molecular formula is C13H18N2O3. The monoisotopic (exact) mass is 250 g/mol. The van der Waals surface area contributed by atoms with Crippen molar-refractivity contribution in [1.29, 1.82) is 0 Å². The number of aromatic carboxylic acids is 1. The third-order valence-electron chi connectivity index (χ3n) is 3.39. The van der Waals surface area contributed by atoms with Gasteiger partial charge in [0.05, 0.1) is 11.2 Å². The summed E-state index contributed by atoms with van der Waals surface area (Å²) in [6, 6.07) is 2.93. The Morgan fingerprint density at radius 1 is 1.39 bits per heavy atom. The van der Waals surface area contributed by atoms with Crippen molar-refractivity contribution < 1.29 is 15.0 Å². The average Bonchev–Trinajstić information content (AvgIpc) is 2.38. The molecule has 1 aromatic rings. The van der Waals surface area contributed by atoms with Gasteiger partial charge in [0.15, 0.2) is 0 Å². The summed E-state index contributed by atoms with van der Waals surface area (Å²) in [5.74, 6) is -0.481. The molecule has 0 radical (unpaired) electrons. The SMILES string of the molecule is O=C(O)c1ccnc(NCC2(O)CCCCC2)c1. The number of rotatable bonds is 4. The van der Waals surface area contributed by atoms with E-state index in [9.17, 15) is 9.90 Å². The van der Waals surface area contributed by atoms with Gasteiger partial charge in [-0.1, -0.05) is 19.3 Å². The van der Waals surface area contributed by atoms with Crippen molar-refractivity contribution >= 4 is 11.8 Å². The number of hydrogen-bond acceptors (Lipinski definition) is 4. The van der Waals surface area contributed by atoms with Crippen LogP contribution in [0.5, 0.6) is 0 Å². The minimum atomic E-state index is -0.975. The second-order valence-corrected chi connectivity index (χ2v) is 4.87. The van der Waals surface area contributed by atoms with E-state index in [-0.39, 0.29) is 5.56 Å². The Bertz CT molecular complexity index is 428. The second-order valence-electron chi connectivity index (χ2n) is 4.87. The van der Waals surface area contributed by atoms with Crippen molar-refractivity contribution in [3.8, 4) is 0 Å². The predicted octanol–water partition coefficient (Wildman–Crippen LogP) is 1.89. The number of aromatic nitrogens is 1. The Morgan fingerprint density at radius 2 is 2.11 bits per heavy atom. The van der Waals surface area contributed by atoms with E-state index in [1.54, 1.807) is 0 Å². The van der Waals surface area contributed by atoms with Crippen molar-refractivity contribution in [2.24, 2.45) is 0 Å². The van der Waals surface area contributed by atoms with Crippen LogP contribution in [0.4, 0.5) is 5.82 Å². The van der Waals surface area contributed by atoms with Crippen LogP contribution in [0.1, 0.15) is 42.5 Å². The van der Waals surface area contributed by atoms with E-state index in [0.717, 1.165) is 25.7 Å². The molecule has 1 saturated carbocycles. The molecule has 0 saturated heterocycles. The van der Waals surface area contributed by atoms with Gasteiger partial charge in [0.25, 0.3) is 0 Å². The van der Waals surface area contributed by atoms with Gasteiger partial charge < -0.3 is 15.5 Å². The molecule has 5 heteroatoms. The molecule has 0 spiro atoms. The third-order valence-corrected chi connectivity index (χ3v) is 3.39. The molecular weight excluding hydrogens is 232 g/mol. The van der Waals surface area contributed by atoms with Gasteiger partial charge in [-0.25, -0.2) is 9.78 Å². The van der Waals surface area contributed by atoms with Gasteiger partial charge in [-0.15, -0.1) is 0 Å². The van der Waals surface area contributed by atoms with Crippen molar-refractivity contribution in [3.63, 3.8) is 0 Å². The van der Waals surface area contributed by atoms with Crippen LogP contribution < -0.4 is 5.32 Å². The Labute approximate surface area is 106 Å². The number of aliphatic hydroxyl groups is 1. The van der Waals surface area contributed by atoms with Gasteiger partial charge >= 0.3 is 5.97 Å². The van der Waals surface area contributed by atoms with Crippen molar-refractivity contribution in [3.05, 3.63) is 23.9 Å². The minimum absolute atomic E-state index is 0.197. The lowest BCUT2D eigenvalue weighted by Gasteiger charge is -2.32. The lowest BCUT2D eigenvalue weighted by molar-refractivity contribution is 0.0166. The van der Waals surface area contributed by atoms with Gasteiger partial charge in [0.2, 0.25) is 0 Å². The first-order valence-electron chi connectivity index (χ1n) is 6.25. The number of nitrogens with one attached hydrogen (secondary N) is 1. The first-order chi connectivity index (χ1) is 8.59. The molecule has 18 heavy (non-hydrogen) atoms. The van der Waals surface area contributed by atoms with Crippen LogP contribution in [-0.4, -0.2) is 33.3 Å². The van der Waals surface area contributed by atoms with Crippen molar-refractivity contribution in [1.82, 2.24) is 4.98 Å². The molecule has 0 aliphatic heterocycles. The van der Waals surface area contributed by atoms with E-state index < -0.39 is 11.6 Å². The number of pyridine rings is 1. The highest BCUT2D eigenvalue weighted by Gasteiger charge is 2.28. The summed E-state index contributed by atoms with van der Waals surface area (Å²) in [7, 11) is 0. The summed E-state index contributed by atoms with van der Waals surface area (Å²) >= 11 is 0. The number of carboxylic acids is 1. The highest BCUT2D eigenvalue weighted by Crippen LogP contribution is 2.28. The average molecular weight is 250 g/mol. The van der Waals surface area contributed by atoms with Gasteiger partial charge in [-0.3, -0.25) is 0 Å². The van der Waals surface area contributed by atoms with Crippen LogP contribution in [0.25, 0.3) is 0 Å². The molecule has 0 atom stereocenters. The Hall–Kier alpha value is -1.62. The number of carbonyl (C=O) groups is 1. The number of nitrogens with zero attached hydrogens (tertiary/aromatic N) is 1. The van der Waals surface area contributed by atoms with Crippen LogP contribution in [0, 0.1) is 0 Å². The van der Waals surface area contributed by atoms with Crippen molar-refractivity contribution in [2.75, 3.05) is 11.9 Å². The maximum Gasteiger partial charge on any atom is 0.335 e. The van der Waals surface area contributed by atoms with Gasteiger partial charge in [0, 0.05) is 12.7 Å². The summed E-state index contributed by atoms with van der Waals surface area (Å²) in [5.41, 5.74) is -0.484. The summed E-state index contributed by atoms with van der Waals surface area (Å²) in [6.07, 6.45) is 6.30. The first-order valence-corrected chi connectivity index (χ1v) is 6.25. The quantitative estimate of drug-likeness (QED) is 0.760. The minimum Gasteiger partial charge on any atom is -0.478 e. The number of anilines is 1. The zero-order valence-electron chi connectivity index (χ0n) is 10.2. The lowest BCUT2D eigenvalue weighted by Crippen LogP contribution is -2.38. The molecule has 1 aromatic heterocycles. The molecule has 1 heterocycles. The molecule has 0 unspecified atom stereocenters. The maximum absolute atomic E-state index is 10.8. The number of hydrogen-bond donors (Lipinski definition) is 3. The normalized spacial score (nSPS) is 18.3. The van der Waals surface area contributed by atoms with Crippen LogP contribution in [0.2, 0.25) is 0 Å². The van der Waals surface area contributed by atoms with Gasteiger partial charge in [-0.2, -0.15) is 0 Å². The Morgan fingerprint density at radius 3 is 2.78 bits per heavy atom. The molecule has 0 amide bonds. The zero-order valence-corrected chi connectivity index (χ0v) is 10.2. The molecule has 2 rings (SSSR count). The molecule has 98 valence electrons. The fraction of sp³-hybridized carbons (Fsp3) is 0.538. The van der Waals surface area contributed by atoms with Gasteiger partial charge in [0.1, 0.15) is 5.82 Å². The first kappa shape index (κ1) is 12.8. The summed E-state index contributed by atoms with van der Waals surface area (Å²) < 4.78 is 0. The Kier molecular flexibility index (Phi) is 3.81. The molecule has 5 nitrogen and oxygen atoms in total. The molecule has 1 fully saturated rings. The van der Waals surface area contributed by atoms with Crippen LogP contribution >= 0.6 is 0 Å². The molecule has 0 aromatic carbocycles. The largest absolute Gasteiger partial charge is 0.478 e. The van der Waals surface area contributed by atoms with Crippen LogP contribution in [0.15, 0.2) is 18.3 Å². The van der Waals surface area contributed by atoms with Crippen LogP contribution in [-0.2, 0) is 0 Å². The highest BCUT2D eigenvalue weighted by molar-refractivity contribution is 5.88. The predicted molar refractivity (Wildman–Crippen MR) is 67.7 cm³/mol. The molecule has 3 N–H and O–H groups in total. The van der Waals surface area contributed by atoms with E-state index in [0.29, 0.717) is 12.4 Å². The number of carboxylic acid groups (broad SMARTS) is 1. The summed E-state index contributed by atoms with van der Waals surface area (Å²) in [5, 5.41) is 22.2. The van der Waals surface area contributed by atoms with E-state index in [1.807, 2.05) is 0 Å². The van der Waals surface area contributed by atoms with E-state index in [2.05, 4.69) is 10.3 Å². The van der Waals surface area contributed by atoms with E-state index >= 15 is 0 Å². The lowest BCUT2D eigenvalue weighted by atomic mass is 9.85. The van der Waals surface area contributed by atoms with Crippen LogP contribution in [0.3, 0.4) is 0 Å². The zero-order chi connectivity index (χ0) is 13.0. The Balaban J connectivity index is 1.97. The standard InChI is InChI=1S/C13H18N2O3/c16-12(17)10-4-7-14-11(8-10)15-9-13(18)5-2-1-3-6-13/h4,7-8,18H,1-3,5-6,9H2,(H,14,15)(H,16,17). The van der Waals surface area contributed by atoms with Crippen molar-refractivity contribution in [2.45, 2.75) is 37.7 Å². The second kappa shape index (κ2) is 5.35. The summed E-state index contributed by atoms with van der Waals surface area (Å²) in [6.45, 7) is 0.420. The third kappa shape index (κ3) is 3.20. The topological polar surface area (TPSA) is 82.5 Å². The fourth-order valence-electron chi connectivity index (χ4n) is 2.30. The van der Waals surface area contributed by atoms with E-state index in [1.165, 1.54) is 24.8 Å². The summed E-state index contributed by atoms with van der Waals surface area (Å²) in [4.78, 5) is 14.9. The highest BCUT2D eigenvalue weighted by atomic mass is 16.4. The van der Waals surface area contributed by atoms with E-state index in [4.69, 9.17) is 5.11 Å². The smallest absolute Gasteiger partial charge is 0.335 e. The van der Waals surface area contributed by atoms with Gasteiger partial charge in [-0.05, 0) is 25.0 Å². The maximum atomic E-state index is 10.8. The fourth-order valence-corrected chi connectivity index (χ4v) is 2.30. The molecule has 1 aliphatic carbocycles.